The van der Waals surface area contributed by atoms with Crippen LogP contribution in [0.5, 0.6) is 0 Å². The zero-order chi connectivity index (χ0) is 25.5. The number of benzene rings is 1. The molecular weight excluding hydrogens is 504 g/mol. The molecule has 0 aliphatic rings. The highest BCUT2D eigenvalue weighted by Crippen LogP contribution is 2.27. The van der Waals surface area contributed by atoms with Crippen LogP contribution >= 0.6 is 23.1 Å². The van der Waals surface area contributed by atoms with Gasteiger partial charge in [0.2, 0.25) is 11.1 Å². The number of carbonyl (C=O) groups excluding carboxylic acids is 2. The van der Waals surface area contributed by atoms with Crippen molar-refractivity contribution in [3.63, 3.8) is 0 Å². The number of anilines is 2. The second kappa shape index (κ2) is 11.7. The van der Waals surface area contributed by atoms with E-state index in [0.29, 0.717) is 26.6 Å². The van der Waals surface area contributed by atoms with Crippen LogP contribution in [0.3, 0.4) is 0 Å². The van der Waals surface area contributed by atoms with Gasteiger partial charge < -0.3 is 14.8 Å². The lowest BCUT2D eigenvalue weighted by molar-refractivity contribution is 0.0517. The normalized spacial score (nSPS) is 10.8. The van der Waals surface area contributed by atoms with Gasteiger partial charge in [-0.1, -0.05) is 41.3 Å². The molecule has 3 aromatic heterocycles. The van der Waals surface area contributed by atoms with Gasteiger partial charge in [-0.3, -0.25) is 0 Å². The second-order valence-corrected chi connectivity index (χ2v) is 8.99. The summed E-state index contributed by atoms with van der Waals surface area (Å²) in [6, 6.07) is 9.46. The molecule has 0 saturated heterocycles. The van der Waals surface area contributed by atoms with E-state index in [1.54, 1.807) is 25.5 Å². The lowest BCUT2D eigenvalue weighted by Gasteiger charge is -2.10. The Morgan fingerprint density at radius 3 is 2.58 bits per heavy atom. The first-order chi connectivity index (χ1) is 17.5. The average molecular weight is 527 g/mol. The number of para-hydroxylation sites is 1. The van der Waals surface area contributed by atoms with Crippen molar-refractivity contribution in [1.29, 1.82) is 0 Å². The van der Waals surface area contributed by atoms with Gasteiger partial charge in [0.1, 0.15) is 10.4 Å². The highest BCUT2D eigenvalue weighted by atomic mass is 32.2. The summed E-state index contributed by atoms with van der Waals surface area (Å²) in [7, 11) is 0. The summed E-state index contributed by atoms with van der Waals surface area (Å²) >= 11 is 2.44. The van der Waals surface area contributed by atoms with E-state index < -0.39 is 11.9 Å². The Morgan fingerprint density at radius 1 is 1.08 bits per heavy atom. The third-order valence-electron chi connectivity index (χ3n) is 4.62. The molecule has 1 aromatic carbocycles. The predicted molar refractivity (Wildman–Crippen MR) is 133 cm³/mol. The van der Waals surface area contributed by atoms with Crippen molar-refractivity contribution in [2.24, 2.45) is 0 Å². The summed E-state index contributed by atoms with van der Waals surface area (Å²) in [5, 5.41) is 15.9. The van der Waals surface area contributed by atoms with Crippen LogP contribution in [0.2, 0.25) is 0 Å². The van der Waals surface area contributed by atoms with Crippen molar-refractivity contribution in [3.05, 3.63) is 58.4 Å². The number of hydrogen-bond acceptors (Lipinski definition) is 13. The monoisotopic (exact) mass is 526 g/mol. The first-order valence-electron chi connectivity index (χ1n) is 10.9. The summed E-state index contributed by atoms with van der Waals surface area (Å²) in [6.07, 6.45) is 1.40. The van der Waals surface area contributed by atoms with Crippen molar-refractivity contribution < 1.29 is 19.1 Å². The largest absolute Gasteiger partial charge is 0.462 e. The Balaban J connectivity index is 1.58. The van der Waals surface area contributed by atoms with Crippen LogP contribution in [0.1, 0.15) is 45.3 Å². The number of aryl methyl sites for hydroxylation is 1. The van der Waals surface area contributed by atoms with E-state index in [1.165, 1.54) is 18.0 Å². The van der Waals surface area contributed by atoms with E-state index in [1.807, 2.05) is 30.3 Å². The van der Waals surface area contributed by atoms with Crippen molar-refractivity contribution >= 4 is 46.1 Å². The molecule has 0 atom stereocenters. The maximum Gasteiger partial charge on any atom is 0.350 e. The Hall–Kier alpha value is -3.91. The number of tetrazole rings is 1. The minimum Gasteiger partial charge on any atom is -0.462 e. The van der Waals surface area contributed by atoms with Crippen LogP contribution in [0.25, 0.3) is 5.69 Å². The first kappa shape index (κ1) is 25.2. The summed E-state index contributed by atoms with van der Waals surface area (Å²) in [5.41, 5.74) is 2.00. The number of rotatable bonds is 10. The SMILES string of the molecule is CCOC(=O)c1cnc(Nc2nc(C)c(C(=O)OCC)s2)nc1CSc1nnnn1-c1ccccc1. The van der Waals surface area contributed by atoms with E-state index in [4.69, 9.17) is 9.47 Å². The minimum absolute atomic E-state index is 0.213. The minimum atomic E-state index is -0.531. The molecule has 4 aromatic rings. The fraction of sp³-hybridized carbons (Fsp3) is 0.273. The maximum atomic E-state index is 12.5. The zero-order valence-corrected chi connectivity index (χ0v) is 21.3. The number of carbonyl (C=O) groups is 2. The molecule has 3 heterocycles. The molecule has 1 N–H and O–H groups in total. The molecule has 0 amide bonds. The molecule has 4 rings (SSSR count). The van der Waals surface area contributed by atoms with Crippen LogP contribution in [0.4, 0.5) is 11.1 Å². The van der Waals surface area contributed by atoms with E-state index in [2.05, 4.69) is 35.8 Å². The first-order valence-corrected chi connectivity index (χ1v) is 12.7. The molecule has 0 bridgehead atoms. The van der Waals surface area contributed by atoms with Crippen molar-refractivity contribution in [2.45, 2.75) is 31.7 Å². The molecule has 14 heteroatoms. The summed E-state index contributed by atoms with van der Waals surface area (Å²) < 4.78 is 11.8. The topological polar surface area (TPSA) is 147 Å². The number of nitrogens with one attached hydrogen (secondary N) is 1. The Bertz CT molecular complexity index is 1360. The number of thioether (sulfide) groups is 1. The molecule has 12 nitrogen and oxygen atoms in total. The molecule has 0 radical (unpaired) electrons. The number of esters is 2. The van der Waals surface area contributed by atoms with E-state index in [9.17, 15) is 9.59 Å². The van der Waals surface area contributed by atoms with E-state index in [0.717, 1.165) is 17.0 Å². The third-order valence-corrected chi connectivity index (χ3v) is 6.60. The number of aromatic nitrogens is 7. The quantitative estimate of drug-likeness (QED) is 0.238. The van der Waals surface area contributed by atoms with Gasteiger partial charge in [-0.15, -0.1) is 5.10 Å². The Labute approximate surface area is 214 Å². The molecule has 186 valence electrons. The van der Waals surface area contributed by atoms with E-state index >= 15 is 0 Å². The number of nitrogens with zero attached hydrogens (tertiary/aromatic N) is 7. The lowest BCUT2D eigenvalue weighted by atomic mass is 10.2. The van der Waals surface area contributed by atoms with Crippen LogP contribution in [-0.4, -0.2) is 60.3 Å². The van der Waals surface area contributed by atoms with Gasteiger partial charge in [0.15, 0.2) is 5.13 Å². The molecule has 0 fully saturated rings. The fourth-order valence-corrected chi connectivity index (χ4v) is 4.73. The molecule has 0 aliphatic carbocycles. The van der Waals surface area contributed by atoms with Crippen LogP contribution in [0, 0.1) is 6.92 Å². The van der Waals surface area contributed by atoms with Crippen molar-refractivity contribution in [3.8, 4) is 5.69 Å². The van der Waals surface area contributed by atoms with Gasteiger partial charge in [-0.25, -0.2) is 24.5 Å². The highest BCUT2D eigenvalue weighted by Gasteiger charge is 2.20. The molecule has 0 aliphatic heterocycles. The van der Waals surface area contributed by atoms with Gasteiger partial charge in [0.05, 0.1) is 30.3 Å². The lowest BCUT2D eigenvalue weighted by Crippen LogP contribution is -2.12. The zero-order valence-electron chi connectivity index (χ0n) is 19.7. The summed E-state index contributed by atoms with van der Waals surface area (Å²) in [4.78, 5) is 38.2. The van der Waals surface area contributed by atoms with Gasteiger partial charge in [0.25, 0.3) is 0 Å². The molecule has 0 spiro atoms. The van der Waals surface area contributed by atoms with Crippen LogP contribution < -0.4 is 5.32 Å². The Morgan fingerprint density at radius 2 is 1.83 bits per heavy atom. The summed E-state index contributed by atoms with van der Waals surface area (Å²) in [5.74, 6) is -0.487. The highest BCUT2D eigenvalue weighted by molar-refractivity contribution is 7.98. The average Bonchev–Trinajstić information content (AvgIpc) is 3.50. The van der Waals surface area contributed by atoms with Crippen molar-refractivity contribution in [2.75, 3.05) is 18.5 Å². The fourth-order valence-electron chi connectivity index (χ4n) is 3.03. The number of ether oxygens (including phenoxy) is 2. The molecule has 0 unspecified atom stereocenters. The number of thiazole rings is 1. The predicted octanol–water partition coefficient (Wildman–Crippen LogP) is 3.61. The van der Waals surface area contributed by atoms with Gasteiger partial charge in [0, 0.05) is 11.9 Å². The molecular formula is C22H22N8O4S2. The van der Waals surface area contributed by atoms with Gasteiger partial charge in [-0.05, 0) is 43.3 Å². The molecule has 0 saturated carbocycles. The van der Waals surface area contributed by atoms with Gasteiger partial charge in [-0.2, -0.15) is 4.68 Å². The Kier molecular flexibility index (Phi) is 8.17. The third kappa shape index (κ3) is 5.83. The number of hydrogen-bond donors (Lipinski definition) is 1. The maximum absolute atomic E-state index is 12.5. The smallest absolute Gasteiger partial charge is 0.350 e. The molecule has 36 heavy (non-hydrogen) atoms. The van der Waals surface area contributed by atoms with Crippen molar-refractivity contribution in [1.82, 2.24) is 35.2 Å². The second-order valence-electron chi connectivity index (χ2n) is 7.05. The van der Waals surface area contributed by atoms with E-state index in [-0.39, 0.29) is 30.5 Å². The van der Waals surface area contributed by atoms with Gasteiger partial charge >= 0.3 is 11.9 Å². The van der Waals surface area contributed by atoms with Crippen LogP contribution in [-0.2, 0) is 15.2 Å². The standard InChI is InChI=1S/C22H22N8O4S2/c1-4-33-18(31)15-11-23-20(26-21-24-13(3)17(36-21)19(32)34-5-2)25-16(15)12-35-22-27-28-29-30(22)14-9-7-6-8-10-14/h6-11H,4-5,12H2,1-3H3,(H,23,24,25,26). The van der Waals surface area contributed by atoms with Crippen LogP contribution in [0.15, 0.2) is 41.7 Å². The summed E-state index contributed by atoms with van der Waals surface area (Å²) in [6.45, 7) is 5.67.